The van der Waals surface area contributed by atoms with Crippen molar-refractivity contribution in [3.8, 4) is 0 Å². The summed E-state index contributed by atoms with van der Waals surface area (Å²) in [6.45, 7) is 4.64. The number of alkyl halides is 3. The van der Waals surface area contributed by atoms with Crippen molar-refractivity contribution in [1.82, 2.24) is 0 Å². The Morgan fingerprint density at radius 2 is 1.90 bits per heavy atom. The summed E-state index contributed by atoms with van der Waals surface area (Å²) in [5.41, 5.74) is 4.58. The molecule has 0 saturated heterocycles. The standard InChI is InChI=1S/C15H17F3N2S/c1-14(2,13-4-3-7-21-13)9-20-10-5-6-12(19)11(8-10)15(16,17)18/h3-8,20H,9,19H2,1-2H3. The van der Waals surface area contributed by atoms with E-state index in [9.17, 15) is 13.2 Å². The molecule has 3 N–H and O–H groups in total. The van der Waals surface area contributed by atoms with E-state index in [1.54, 1.807) is 17.4 Å². The first-order chi connectivity index (χ1) is 9.70. The first-order valence-corrected chi connectivity index (χ1v) is 7.33. The molecule has 0 aliphatic rings. The lowest BCUT2D eigenvalue weighted by molar-refractivity contribution is -0.136. The Bertz CT molecular complexity index is 604. The molecule has 0 saturated carbocycles. The smallest absolute Gasteiger partial charge is 0.398 e. The van der Waals surface area contributed by atoms with Gasteiger partial charge >= 0.3 is 6.18 Å². The molecular formula is C15H17F3N2S. The van der Waals surface area contributed by atoms with Crippen LogP contribution in [0.1, 0.15) is 24.3 Å². The molecule has 0 aliphatic carbocycles. The van der Waals surface area contributed by atoms with Crippen molar-refractivity contribution >= 4 is 22.7 Å². The molecule has 1 aromatic heterocycles. The predicted octanol–water partition coefficient (Wildman–Crippen LogP) is 4.74. The number of rotatable bonds is 4. The fourth-order valence-electron chi connectivity index (χ4n) is 1.99. The Morgan fingerprint density at radius 3 is 2.48 bits per heavy atom. The molecule has 2 nitrogen and oxygen atoms in total. The van der Waals surface area contributed by atoms with Gasteiger partial charge in [0.15, 0.2) is 0 Å². The molecule has 0 amide bonds. The number of anilines is 2. The zero-order chi connectivity index (χ0) is 15.7. The van der Waals surface area contributed by atoms with Crippen molar-refractivity contribution < 1.29 is 13.2 Å². The van der Waals surface area contributed by atoms with Crippen LogP contribution in [-0.2, 0) is 11.6 Å². The number of hydrogen-bond donors (Lipinski definition) is 2. The normalized spacial score (nSPS) is 12.4. The van der Waals surface area contributed by atoms with Crippen molar-refractivity contribution in [2.45, 2.75) is 25.4 Å². The van der Waals surface area contributed by atoms with E-state index in [0.29, 0.717) is 12.2 Å². The fourth-order valence-corrected chi connectivity index (χ4v) is 2.84. The molecule has 0 aliphatic heterocycles. The van der Waals surface area contributed by atoms with Crippen molar-refractivity contribution in [3.05, 3.63) is 46.2 Å². The van der Waals surface area contributed by atoms with Crippen molar-refractivity contribution in [2.24, 2.45) is 0 Å². The monoisotopic (exact) mass is 314 g/mol. The third-order valence-corrected chi connectivity index (χ3v) is 4.52. The van der Waals surface area contributed by atoms with E-state index in [1.807, 2.05) is 31.4 Å². The SMILES string of the molecule is CC(C)(CNc1ccc(N)c(C(F)(F)F)c1)c1cccs1. The van der Waals surface area contributed by atoms with Gasteiger partial charge in [0.2, 0.25) is 0 Å². The van der Waals surface area contributed by atoms with E-state index in [0.717, 1.165) is 6.07 Å². The van der Waals surface area contributed by atoms with Gasteiger partial charge in [0, 0.05) is 28.2 Å². The summed E-state index contributed by atoms with van der Waals surface area (Å²) in [6.07, 6.45) is -4.44. The zero-order valence-electron chi connectivity index (χ0n) is 11.8. The van der Waals surface area contributed by atoms with E-state index < -0.39 is 11.7 Å². The van der Waals surface area contributed by atoms with Gasteiger partial charge in [0.05, 0.1) is 5.56 Å². The molecule has 114 valence electrons. The predicted molar refractivity (Wildman–Crippen MR) is 81.7 cm³/mol. The summed E-state index contributed by atoms with van der Waals surface area (Å²) >= 11 is 1.63. The summed E-state index contributed by atoms with van der Waals surface area (Å²) in [4.78, 5) is 1.18. The highest BCUT2D eigenvalue weighted by atomic mass is 32.1. The van der Waals surface area contributed by atoms with E-state index >= 15 is 0 Å². The van der Waals surface area contributed by atoms with Gasteiger partial charge in [-0.05, 0) is 29.6 Å². The second kappa shape index (κ2) is 5.60. The molecule has 21 heavy (non-hydrogen) atoms. The number of nitrogens with two attached hydrogens (primary N) is 1. The molecular weight excluding hydrogens is 297 g/mol. The van der Waals surface area contributed by atoms with Gasteiger partial charge in [-0.1, -0.05) is 19.9 Å². The summed E-state index contributed by atoms with van der Waals surface area (Å²) in [7, 11) is 0. The summed E-state index contributed by atoms with van der Waals surface area (Å²) in [6, 6.07) is 7.89. The third-order valence-electron chi connectivity index (χ3n) is 3.28. The summed E-state index contributed by atoms with van der Waals surface area (Å²) in [5, 5.41) is 5.05. The maximum atomic E-state index is 12.8. The van der Waals surface area contributed by atoms with Gasteiger partial charge in [-0.3, -0.25) is 0 Å². The van der Waals surface area contributed by atoms with Gasteiger partial charge in [0.1, 0.15) is 0 Å². The van der Waals surface area contributed by atoms with Crippen LogP contribution < -0.4 is 11.1 Å². The number of hydrogen-bond acceptors (Lipinski definition) is 3. The second-order valence-electron chi connectivity index (χ2n) is 5.51. The van der Waals surface area contributed by atoms with E-state index in [1.165, 1.54) is 10.9 Å². The lowest BCUT2D eigenvalue weighted by Gasteiger charge is -2.24. The van der Waals surface area contributed by atoms with Crippen LogP contribution in [0.15, 0.2) is 35.7 Å². The molecule has 0 fully saturated rings. The molecule has 0 spiro atoms. The Morgan fingerprint density at radius 1 is 1.19 bits per heavy atom. The molecule has 0 atom stereocenters. The Hall–Kier alpha value is -1.69. The highest BCUT2D eigenvalue weighted by molar-refractivity contribution is 7.10. The highest BCUT2D eigenvalue weighted by Crippen LogP contribution is 2.35. The molecule has 0 radical (unpaired) electrons. The van der Waals surface area contributed by atoms with Crippen LogP contribution >= 0.6 is 11.3 Å². The van der Waals surface area contributed by atoms with Gasteiger partial charge in [-0.2, -0.15) is 13.2 Å². The molecule has 2 aromatic rings. The number of halogens is 3. The molecule has 1 aromatic carbocycles. The quantitative estimate of drug-likeness (QED) is 0.800. The van der Waals surface area contributed by atoms with Crippen LogP contribution in [0.25, 0.3) is 0 Å². The Balaban J connectivity index is 2.14. The second-order valence-corrected chi connectivity index (χ2v) is 6.46. The van der Waals surface area contributed by atoms with Crippen molar-refractivity contribution in [1.29, 1.82) is 0 Å². The van der Waals surface area contributed by atoms with Crippen LogP contribution in [0.2, 0.25) is 0 Å². The molecule has 2 rings (SSSR count). The zero-order valence-corrected chi connectivity index (χ0v) is 12.6. The summed E-state index contributed by atoms with van der Waals surface area (Å²) < 4.78 is 38.5. The topological polar surface area (TPSA) is 38.0 Å². The minimum atomic E-state index is -4.44. The average molecular weight is 314 g/mol. The largest absolute Gasteiger partial charge is 0.418 e. The first-order valence-electron chi connectivity index (χ1n) is 6.45. The minimum absolute atomic E-state index is 0.159. The Kier molecular flexibility index (Phi) is 4.18. The number of thiophene rings is 1. The number of benzene rings is 1. The van der Waals surface area contributed by atoms with Gasteiger partial charge in [0.25, 0.3) is 0 Å². The van der Waals surface area contributed by atoms with E-state index in [4.69, 9.17) is 5.73 Å². The van der Waals surface area contributed by atoms with E-state index in [2.05, 4.69) is 5.32 Å². The molecule has 0 unspecified atom stereocenters. The highest BCUT2D eigenvalue weighted by Gasteiger charge is 2.33. The third kappa shape index (κ3) is 3.69. The number of nitrogen functional groups attached to an aromatic ring is 1. The van der Waals surface area contributed by atoms with Gasteiger partial charge < -0.3 is 11.1 Å². The van der Waals surface area contributed by atoms with Crippen molar-refractivity contribution in [3.63, 3.8) is 0 Å². The first kappa shape index (κ1) is 15.7. The molecule has 6 heteroatoms. The maximum absolute atomic E-state index is 12.8. The Labute approximate surface area is 125 Å². The van der Waals surface area contributed by atoms with Gasteiger partial charge in [-0.15, -0.1) is 11.3 Å². The fraction of sp³-hybridized carbons (Fsp3) is 0.333. The number of nitrogens with one attached hydrogen (secondary N) is 1. The van der Waals surface area contributed by atoms with Crippen molar-refractivity contribution in [2.75, 3.05) is 17.6 Å². The lowest BCUT2D eigenvalue weighted by atomic mass is 9.91. The van der Waals surface area contributed by atoms with Crippen LogP contribution in [-0.4, -0.2) is 6.54 Å². The summed E-state index contributed by atoms with van der Waals surface area (Å²) in [5.74, 6) is 0. The van der Waals surface area contributed by atoms with E-state index in [-0.39, 0.29) is 11.1 Å². The van der Waals surface area contributed by atoms with Crippen LogP contribution in [0.5, 0.6) is 0 Å². The minimum Gasteiger partial charge on any atom is -0.398 e. The average Bonchev–Trinajstić information content (AvgIpc) is 2.91. The van der Waals surface area contributed by atoms with Crippen LogP contribution in [0.3, 0.4) is 0 Å². The van der Waals surface area contributed by atoms with Gasteiger partial charge in [-0.25, -0.2) is 0 Å². The molecule has 0 bridgehead atoms. The van der Waals surface area contributed by atoms with Crippen LogP contribution in [0, 0.1) is 0 Å². The van der Waals surface area contributed by atoms with Crippen LogP contribution in [0.4, 0.5) is 24.5 Å². The maximum Gasteiger partial charge on any atom is 0.418 e. The molecule has 1 heterocycles. The lowest BCUT2D eigenvalue weighted by Crippen LogP contribution is -2.26.